The molecular formula is C16H24F2N2O3. The number of benzene rings is 1. The summed E-state index contributed by atoms with van der Waals surface area (Å²) in [6.07, 6.45) is 1.70. The first-order chi connectivity index (χ1) is 10.8. The molecule has 2 atom stereocenters. The van der Waals surface area contributed by atoms with Crippen molar-refractivity contribution in [3.8, 4) is 5.75 Å². The van der Waals surface area contributed by atoms with Gasteiger partial charge in [0, 0.05) is 36.3 Å². The lowest BCUT2D eigenvalue weighted by Crippen LogP contribution is -2.47. The van der Waals surface area contributed by atoms with E-state index in [4.69, 9.17) is 5.73 Å². The van der Waals surface area contributed by atoms with E-state index in [9.17, 15) is 19.0 Å². The summed E-state index contributed by atoms with van der Waals surface area (Å²) in [6, 6.07) is 4.73. The van der Waals surface area contributed by atoms with Crippen molar-refractivity contribution in [2.45, 2.75) is 38.5 Å². The van der Waals surface area contributed by atoms with Crippen LogP contribution < -0.4 is 10.5 Å². The van der Waals surface area contributed by atoms with Crippen molar-refractivity contribution in [1.29, 1.82) is 0 Å². The summed E-state index contributed by atoms with van der Waals surface area (Å²) in [6.45, 7) is 0.242. The van der Waals surface area contributed by atoms with Gasteiger partial charge in [0.05, 0.1) is 12.2 Å². The molecule has 0 bridgehead atoms. The molecule has 2 rings (SSSR count). The number of aliphatic hydroxyl groups excluding tert-OH is 1. The van der Waals surface area contributed by atoms with Gasteiger partial charge in [0.15, 0.2) is 0 Å². The minimum Gasteiger partial charge on any atom is -0.434 e. The van der Waals surface area contributed by atoms with Crippen LogP contribution in [0, 0.1) is 5.92 Å². The van der Waals surface area contributed by atoms with Crippen LogP contribution in [0.5, 0.6) is 5.75 Å². The quantitative estimate of drug-likeness (QED) is 0.694. The van der Waals surface area contributed by atoms with Crippen molar-refractivity contribution in [3.05, 3.63) is 23.8 Å². The third-order valence-corrected chi connectivity index (χ3v) is 4.41. The van der Waals surface area contributed by atoms with Crippen molar-refractivity contribution < 1.29 is 23.7 Å². The van der Waals surface area contributed by atoms with Crippen LogP contribution in [0.4, 0.5) is 14.5 Å². The van der Waals surface area contributed by atoms with Crippen LogP contribution in [0.3, 0.4) is 0 Å². The van der Waals surface area contributed by atoms with Crippen LogP contribution in [-0.2, 0) is 6.54 Å². The van der Waals surface area contributed by atoms with Gasteiger partial charge in [-0.2, -0.15) is 8.78 Å². The molecule has 1 aliphatic heterocycles. The number of ether oxygens (including phenoxy) is 1. The zero-order chi connectivity index (χ0) is 17.0. The van der Waals surface area contributed by atoms with Gasteiger partial charge in [0.2, 0.25) is 0 Å². The second-order valence-electron chi connectivity index (χ2n) is 6.34. The predicted octanol–water partition coefficient (Wildman–Crippen LogP) is 1.83. The molecule has 5 nitrogen and oxygen atoms in total. The van der Waals surface area contributed by atoms with Crippen LogP contribution in [0.1, 0.15) is 25.3 Å². The molecule has 0 saturated carbocycles. The Hall–Kier alpha value is -1.44. The number of halogens is 2. The van der Waals surface area contributed by atoms with Crippen LogP contribution in [0.2, 0.25) is 0 Å². The zero-order valence-corrected chi connectivity index (χ0v) is 13.2. The topological polar surface area (TPSA) is 79.0 Å². The Bertz CT molecular complexity index is 526. The normalized spacial score (nSPS) is 22.1. The van der Waals surface area contributed by atoms with Gasteiger partial charge >= 0.3 is 6.61 Å². The van der Waals surface area contributed by atoms with Crippen molar-refractivity contribution >= 4 is 5.69 Å². The highest BCUT2D eigenvalue weighted by Gasteiger charge is 2.34. The van der Waals surface area contributed by atoms with Crippen LogP contribution in [0.25, 0.3) is 0 Å². The number of nitrogens with two attached hydrogens (primary N) is 1. The van der Waals surface area contributed by atoms with Gasteiger partial charge < -0.3 is 20.7 Å². The number of nitrogens with zero attached hydrogens (tertiary/aromatic N) is 1. The Morgan fingerprint density at radius 1 is 1.48 bits per heavy atom. The average molecular weight is 330 g/mol. The molecular weight excluding hydrogens is 306 g/mol. The highest BCUT2D eigenvalue weighted by atomic mass is 19.3. The van der Waals surface area contributed by atoms with Crippen molar-refractivity contribution in [1.82, 2.24) is 4.90 Å². The number of likely N-dealkylation sites (tertiary alicyclic amines) is 1. The Morgan fingerprint density at radius 2 is 2.22 bits per heavy atom. The Labute approximate surface area is 134 Å². The molecule has 1 aliphatic rings. The number of nitrogen functional groups attached to an aromatic ring is 1. The number of anilines is 1. The van der Waals surface area contributed by atoms with E-state index in [-0.39, 0.29) is 18.3 Å². The fourth-order valence-corrected chi connectivity index (χ4v) is 2.98. The first kappa shape index (κ1) is 17.9. The van der Waals surface area contributed by atoms with E-state index in [1.54, 1.807) is 19.1 Å². The van der Waals surface area contributed by atoms with Crippen molar-refractivity contribution in [3.63, 3.8) is 0 Å². The Kier molecular flexibility index (Phi) is 5.78. The zero-order valence-electron chi connectivity index (χ0n) is 13.2. The Balaban J connectivity index is 2.09. The molecule has 130 valence electrons. The summed E-state index contributed by atoms with van der Waals surface area (Å²) >= 11 is 0. The summed E-state index contributed by atoms with van der Waals surface area (Å²) < 4.78 is 29.6. The van der Waals surface area contributed by atoms with Gasteiger partial charge in [-0.1, -0.05) is 6.07 Å². The molecule has 1 aromatic rings. The van der Waals surface area contributed by atoms with E-state index in [1.807, 2.05) is 0 Å². The highest BCUT2D eigenvalue weighted by Crippen LogP contribution is 2.30. The largest absolute Gasteiger partial charge is 0.434 e. The summed E-state index contributed by atoms with van der Waals surface area (Å²) in [4.78, 5) is 2.07. The van der Waals surface area contributed by atoms with Gasteiger partial charge in [-0.05, 0) is 32.4 Å². The van der Waals surface area contributed by atoms with E-state index in [1.165, 1.54) is 6.07 Å². The molecule has 0 amide bonds. The second-order valence-corrected chi connectivity index (χ2v) is 6.34. The van der Waals surface area contributed by atoms with Gasteiger partial charge in [-0.15, -0.1) is 0 Å². The smallest absolute Gasteiger partial charge is 0.387 e. The van der Waals surface area contributed by atoms with E-state index in [0.717, 1.165) is 19.4 Å². The number of rotatable bonds is 6. The van der Waals surface area contributed by atoms with E-state index >= 15 is 0 Å². The monoisotopic (exact) mass is 330 g/mol. The third kappa shape index (κ3) is 4.76. The van der Waals surface area contributed by atoms with Gasteiger partial charge in [-0.3, -0.25) is 4.90 Å². The van der Waals surface area contributed by atoms with Gasteiger partial charge in [0.25, 0.3) is 0 Å². The second kappa shape index (κ2) is 7.42. The number of hydrogen-bond acceptors (Lipinski definition) is 5. The molecule has 0 spiro atoms. The first-order valence-corrected chi connectivity index (χ1v) is 7.70. The maximum absolute atomic E-state index is 12.5. The summed E-state index contributed by atoms with van der Waals surface area (Å²) in [5.74, 6) is 0.0190. The molecule has 0 aliphatic carbocycles. The lowest BCUT2D eigenvalue weighted by molar-refractivity contribution is -0.0702. The molecule has 7 heteroatoms. The molecule has 1 aromatic carbocycles. The van der Waals surface area contributed by atoms with E-state index < -0.39 is 12.2 Å². The third-order valence-electron chi connectivity index (χ3n) is 4.41. The SMILES string of the molecule is C[C@@](O)(CO)[C@H]1CCCN(Cc2ccc(N)cc2OC(F)F)C1. The van der Waals surface area contributed by atoms with E-state index in [0.29, 0.717) is 24.3 Å². The number of piperidine rings is 1. The standard InChI is InChI=1S/C16H24F2N2O3/c1-16(22,10-21)12-3-2-6-20(9-12)8-11-4-5-13(19)7-14(11)23-15(17)18/h4-5,7,12,15,21-22H,2-3,6,8-10,19H2,1H3/t12-,16+/m0/s1. The molecule has 1 heterocycles. The molecule has 1 saturated heterocycles. The fraction of sp³-hybridized carbons (Fsp3) is 0.625. The minimum atomic E-state index is -2.90. The molecule has 4 N–H and O–H groups in total. The summed E-state index contributed by atoms with van der Waals surface area (Å²) in [7, 11) is 0. The molecule has 0 aromatic heterocycles. The maximum atomic E-state index is 12.5. The lowest BCUT2D eigenvalue weighted by atomic mass is 9.83. The summed E-state index contributed by atoms with van der Waals surface area (Å²) in [5.41, 5.74) is 5.49. The Morgan fingerprint density at radius 3 is 2.87 bits per heavy atom. The minimum absolute atomic E-state index is 0.0606. The van der Waals surface area contributed by atoms with Gasteiger partial charge in [0.1, 0.15) is 5.75 Å². The molecule has 0 unspecified atom stereocenters. The van der Waals surface area contributed by atoms with Crippen LogP contribution >= 0.6 is 0 Å². The van der Waals surface area contributed by atoms with Crippen LogP contribution in [-0.4, -0.2) is 47.0 Å². The predicted molar refractivity (Wildman–Crippen MR) is 83.2 cm³/mol. The van der Waals surface area contributed by atoms with E-state index in [2.05, 4.69) is 9.64 Å². The fourth-order valence-electron chi connectivity index (χ4n) is 2.98. The average Bonchev–Trinajstić information content (AvgIpc) is 2.50. The number of hydrogen-bond donors (Lipinski definition) is 3. The molecule has 0 radical (unpaired) electrons. The number of alkyl halides is 2. The molecule has 1 fully saturated rings. The van der Waals surface area contributed by atoms with Crippen molar-refractivity contribution in [2.24, 2.45) is 5.92 Å². The highest BCUT2D eigenvalue weighted by molar-refractivity contribution is 5.48. The first-order valence-electron chi connectivity index (χ1n) is 7.70. The van der Waals surface area contributed by atoms with Crippen LogP contribution in [0.15, 0.2) is 18.2 Å². The maximum Gasteiger partial charge on any atom is 0.387 e. The number of aliphatic hydroxyl groups is 2. The molecule has 23 heavy (non-hydrogen) atoms. The summed E-state index contributed by atoms with van der Waals surface area (Å²) in [5, 5.41) is 19.5. The van der Waals surface area contributed by atoms with Gasteiger partial charge in [-0.25, -0.2) is 0 Å². The lowest BCUT2D eigenvalue weighted by Gasteiger charge is -2.39. The van der Waals surface area contributed by atoms with Crippen molar-refractivity contribution in [2.75, 3.05) is 25.4 Å².